The minimum atomic E-state index is -0.544. The smallest absolute Gasteiger partial charge is 0.255 e. The van der Waals surface area contributed by atoms with E-state index >= 15 is 0 Å². The van der Waals surface area contributed by atoms with Crippen LogP contribution in [-0.4, -0.2) is 16.8 Å². The number of carbonyl (C=O) groups is 1. The number of amides is 1. The van der Waals surface area contributed by atoms with E-state index in [2.05, 4.69) is 30.5 Å². The summed E-state index contributed by atoms with van der Waals surface area (Å²) in [5, 5.41) is 3.78. The molecule has 0 aliphatic rings. The Labute approximate surface area is 93.0 Å². The molecule has 1 heterocycles. The van der Waals surface area contributed by atoms with Gasteiger partial charge in [0.1, 0.15) is 10.6 Å². The van der Waals surface area contributed by atoms with Crippen LogP contribution in [0.1, 0.15) is 31.1 Å². The van der Waals surface area contributed by atoms with Gasteiger partial charge in [-0.25, -0.2) is 0 Å². The molecule has 5 N–H and O–H groups in total. The van der Waals surface area contributed by atoms with Gasteiger partial charge in [-0.05, 0) is 16.9 Å². The number of anilines is 2. The lowest BCUT2D eigenvalue weighted by molar-refractivity contribution is 0.100. The van der Waals surface area contributed by atoms with Crippen molar-refractivity contribution in [1.29, 1.82) is 0 Å². The maximum Gasteiger partial charge on any atom is 0.255 e. The number of nitrogens with two attached hydrogens (primary N) is 2. The molecule has 0 saturated heterocycles. The lowest BCUT2D eigenvalue weighted by atomic mass is 9.97. The van der Waals surface area contributed by atoms with Gasteiger partial charge in [-0.1, -0.05) is 20.8 Å². The SMILES string of the molecule is CC(C)(C)CNc1snc(N)c1C(N)=O. The summed E-state index contributed by atoms with van der Waals surface area (Å²) in [5.74, 6) is -0.346. The molecule has 5 nitrogen and oxygen atoms in total. The highest BCUT2D eigenvalue weighted by Gasteiger charge is 2.18. The quantitative estimate of drug-likeness (QED) is 0.726. The Kier molecular flexibility index (Phi) is 3.18. The Morgan fingerprint density at radius 3 is 2.60 bits per heavy atom. The van der Waals surface area contributed by atoms with Crippen molar-refractivity contribution < 1.29 is 4.79 Å². The van der Waals surface area contributed by atoms with Crippen molar-refractivity contribution in [2.75, 3.05) is 17.6 Å². The fourth-order valence-corrected chi connectivity index (χ4v) is 1.72. The molecule has 0 unspecified atom stereocenters. The van der Waals surface area contributed by atoms with Gasteiger partial charge in [-0.2, -0.15) is 4.37 Å². The fraction of sp³-hybridized carbons (Fsp3) is 0.556. The van der Waals surface area contributed by atoms with Crippen LogP contribution < -0.4 is 16.8 Å². The molecule has 84 valence electrons. The number of nitrogens with one attached hydrogen (secondary N) is 1. The van der Waals surface area contributed by atoms with Gasteiger partial charge < -0.3 is 16.8 Å². The lowest BCUT2D eigenvalue weighted by Crippen LogP contribution is -2.21. The summed E-state index contributed by atoms with van der Waals surface area (Å²) < 4.78 is 3.89. The van der Waals surface area contributed by atoms with Gasteiger partial charge in [0.05, 0.1) is 0 Å². The van der Waals surface area contributed by atoms with Crippen LogP contribution >= 0.6 is 11.5 Å². The van der Waals surface area contributed by atoms with Gasteiger partial charge in [0.2, 0.25) is 0 Å². The van der Waals surface area contributed by atoms with E-state index in [-0.39, 0.29) is 11.2 Å². The molecular weight excluding hydrogens is 212 g/mol. The first-order chi connectivity index (χ1) is 6.81. The average molecular weight is 228 g/mol. The van der Waals surface area contributed by atoms with Crippen LogP contribution in [0, 0.1) is 5.41 Å². The van der Waals surface area contributed by atoms with Crippen molar-refractivity contribution in [3.8, 4) is 0 Å². The van der Waals surface area contributed by atoms with Crippen LogP contribution in [0.15, 0.2) is 0 Å². The molecule has 0 atom stereocenters. The summed E-state index contributed by atoms with van der Waals surface area (Å²) in [6, 6.07) is 0. The van der Waals surface area contributed by atoms with Gasteiger partial charge >= 0.3 is 0 Å². The minimum absolute atomic E-state index is 0.119. The maximum atomic E-state index is 11.1. The third-order valence-electron chi connectivity index (χ3n) is 1.74. The third kappa shape index (κ3) is 3.09. The molecule has 0 bridgehead atoms. The van der Waals surface area contributed by atoms with Crippen LogP contribution in [0.5, 0.6) is 0 Å². The highest BCUT2D eigenvalue weighted by molar-refractivity contribution is 7.11. The number of primary amides is 1. The first-order valence-corrected chi connectivity index (χ1v) is 5.37. The van der Waals surface area contributed by atoms with Crippen LogP contribution in [0.2, 0.25) is 0 Å². The topological polar surface area (TPSA) is 94.0 Å². The molecule has 0 saturated carbocycles. The molecule has 0 aliphatic carbocycles. The molecule has 6 heteroatoms. The monoisotopic (exact) mass is 228 g/mol. The van der Waals surface area contributed by atoms with E-state index in [0.717, 1.165) is 18.1 Å². The number of carbonyl (C=O) groups excluding carboxylic acids is 1. The second kappa shape index (κ2) is 4.06. The van der Waals surface area contributed by atoms with Gasteiger partial charge in [-0.3, -0.25) is 4.79 Å². The summed E-state index contributed by atoms with van der Waals surface area (Å²) >= 11 is 1.16. The molecule has 0 radical (unpaired) electrons. The average Bonchev–Trinajstić information content (AvgIpc) is 2.42. The van der Waals surface area contributed by atoms with Gasteiger partial charge in [-0.15, -0.1) is 0 Å². The van der Waals surface area contributed by atoms with Crippen molar-refractivity contribution >= 4 is 28.3 Å². The molecule has 0 spiro atoms. The number of nitrogens with zero attached hydrogens (tertiary/aromatic N) is 1. The molecule has 0 aliphatic heterocycles. The molecule has 1 aromatic rings. The first-order valence-electron chi connectivity index (χ1n) is 4.60. The van der Waals surface area contributed by atoms with Crippen molar-refractivity contribution in [3.05, 3.63) is 5.56 Å². The zero-order chi connectivity index (χ0) is 11.6. The molecule has 0 fully saturated rings. The Hall–Kier alpha value is -1.30. The number of hydrogen-bond donors (Lipinski definition) is 3. The minimum Gasteiger partial charge on any atom is -0.382 e. The predicted molar refractivity (Wildman–Crippen MR) is 63.0 cm³/mol. The molecule has 15 heavy (non-hydrogen) atoms. The van der Waals surface area contributed by atoms with E-state index in [0.29, 0.717) is 10.6 Å². The molecule has 0 aromatic carbocycles. The second-order valence-corrected chi connectivity index (χ2v) is 5.32. The molecule has 1 rings (SSSR count). The van der Waals surface area contributed by atoms with E-state index in [1.165, 1.54) is 0 Å². The predicted octanol–water partition coefficient (Wildman–Crippen LogP) is 1.28. The summed E-state index contributed by atoms with van der Waals surface area (Å²) in [6.45, 7) is 7.01. The van der Waals surface area contributed by atoms with Crippen LogP contribution in [0.4, 0.5) is 10.8 Å². The van der Waals surface area contributed by atoms with Crippen molar-refractivity contribution in [2.24, 2.45) is 11.1 Å². The van der Waals surface area contributed by atoms with Crippen LogP contribution in [-0.2, 0) is 0 Å². The van der Waals surface area contributed by atoms with E-state index in [1.54, 1.807) is 0 Å². The molecule has 1 aromatic heterocycles. The zero-order valence-corrected chi connectivity index (χ0v) is 9.94. The lowest BCUT2D eigenvalue weighted by Gasteiger charge is -2.18. The Morgan fingerprint density at radius 1 is 1.53 bits per heavy atom. The third-order valence-corrected chi connectivity index (χ3v) is 2.56. The fourth-order valence-electron chi connectivity index (χ4n) is 1.01. The van der Waals surface area contributed by atoms with Crippen molar-refractivity contribution in [2.45, 2.75) is 20.8 Å². The van der Waals surface area contributed by atoms with Crippen molar-refractivity contribution in [1.82, 2.24) is 4.37 Å². The summed E-state index contributed by atoms with van der Waals surface area (Å²) in [7, 11) is 0. The number of hydrogen-bond acceptors (Lipinski definition) is 5. The van der Waals surface area contributed by atoms with Crippen LogP contribution in [0.25, 0.3) is 0 Å². The van der Waals surface area contributed by atoms with E-state index in [9.17, 15) is 4.79 Å². The van der Waals surface area contributed by atoms with Gasteiger partial charge in [0.25, 0.3) is 5.91 Å². The summed E-state index contributed by atoms with van der Waals surface area (Å²) in [4.78, 5) is 11.1. The maximum absolute atomic E-state index is 11.1. The second-order valence-electron chi connectivity index (χ2n) is 4.55. The normalized spacial score (nSPS) is 11.4. The van der Waals surface area contributed by atoms with E-state index in [4.69, 9.17) is 11.5 Å². The first kappa shape index (κ1) is 11.8. The zero-order valence-electron chi connectivity index (χ0n) is 9.13. The summed E-state index contributed by atoms with van der Waals surface area (Å²) in [5.41, 5.74) is 11.2. The van der Waals surface area contributed by atoms with E-state index < -0.39 is 5.91 Å². The number of aromatic nitrogens is 1. The van der Waals surface area contributed by atoms with Gasteiger partial charge in [0.15, 0.2) is 5.82 Å². The number of nitrogen functional groups attached to an aromatic ring is 1. The largest absolute Gasteiger partial charge is 0.382 e. The highest BCUT2D eigenvalue weighted by atomic mass is 32.1. The molecule has 1 amide bonds. The Balaban J connectivity index is 2.82. The standard InChI is InChI=1S/C9H16N4OS/c1-9(2,3)4-12-8-5(7(11)14)6(10)13-15-8/h12H,4H2,1-3H3,(H2,10,13)(H2,11,14). The highest BCUT2D eigenvalue weighted by Crippen LogP contribution is 2.27. The number of rotatable bonds is 3. The Bertz CT molecular complexity index is 367. The molecular formula is C9H16N4OS. The van der Waals surface area contributed by atoms with Crippen molar-refractivity contribution in [3.63, 3.8) is 0 Å². The van der Waals surface area contributed by atoms with Gasteiger partial charge in [0, 0.05) is 6.54 Å². The Morgan fingerprint density at radius 2 is 2.13 bits per heavy atom. The van der Waals surface area contributed by atoms with E-state index in [1.807, 2.05) is 0 Å². The van der Waals surface area contributed by atoms with Crippen LogP contribution in [0.3, 0.4) is 0 Å². The summed E-state index contributed by atoms with van der Waals surface area (Å²) in [6.07, 6.45) is 0.